The lowest BCUT2D eigenvalue weighted by Gasteiger charge is -2.48. The van der Waals surface area contributed by atoms with Crippen LogP contribution in [0.5, 0.6) is 0 Å². The van der Waals surface area contributed by atoms with Crippen molar-refractivity contribution in [3.63, 3.8) is 0 Å². The first kappa shape index (κ1) is 23.8. The molecule has 0 heterocycles. The van der Waals surface area contributed by atoms with Gasteiger partial charge in [-0.2, -0.15) is 0 Å². The fraction of sp³-hybridized carbons (Fsp3) is 0.700. The lowest BCUT2D eigenvalue weighted by Crippen LogP contribution is -2.58. The van der Waals surface area contributed by atoms with Gasteiger partial charge in [-0.25, -0.2) is 0 Å². The van der Waals surface area contributed by atoms with E-state index in [2.05, 4.69) is 0 Å². The van der Waals surface area contributed by atoms with Crippen LogP contribution in [0.15, 0.2) is 12.2 Å². The predicted octanol–water partition coefficient (Wildman–Crippen LogP) is -0.354. The Labute approximate surface area is 175 Å². The van der Waals surface area contributed by atoms with Crippen molar-refractivity contribution in [1.29, 1.82) is 0 Å². The number of esters is 2. The highest BCUT2D eigenvalue weighted by molar-refractivity contribution is 5.89. The quantitative estimate of drug-likeness (QED) is 0.352. The summed E-state index contributed by atoms with van der Waals surface area (Å²) >= 11 is 0. The van der Waals surface area contributed by atoms with E-state index in [0.29, 0.717) is 13.1 Å². The Balaban J connectivity index is 2.28. The minimum absolute atomic E-state index is 0.0590. The molecule has 6 atom stereocenters. The number of aliphatic carboxylic acids is 2. The number of ether oxygens (including phenoxy) is 2. The number of fused-ring (bicyclic) bond motifs is 2. The number of hydrogen-bond acceptors (Lipinski definition) is 8. The molecule has 3 rings (SSSR count). The van der Waals surface area contributed by atoms with Crippen LogP contribution in [-0.2, 0) is 28.7 Å². The van der Waals surface area contributed by atoms with Crippen molar-refractivity contribution < 1.29 is 38.9 Å². The van der Waals surface area contributed by atoms with Crippen LogP contribution in [0.3, 0.4) is 0 Å². The molecule has 0 saturated heterocycles. The van der Waals surface area contributed by atoms with Gasteiger partial charge in [0, 0.05) is 24.9 Å². The van der Waals surface area contributed by atoms with Crippen LogP contribution in [-0.4, -0.2) is 98.4 Å². The molecule has 0 aromatic heterocycles. The van der Waals surface area contributed by atoms with E-state index in [1.54, 1.807) is 38.0 Å². The van der Waals surface area contributed by atoms with Gasteiger partial charge in [0.2, 0.25) is 0 Å². The molecule has 0 unspecified atom stereocenters. The minimum Gasteiger partial charge on any atom is -0.481 e. The van der Waals surface area contributed by atoms with E-state index in [0.717, 1.165) is 0 Å². The molecule has 0 aromatic carbocycles. The van der Waals surface area contributed by atoms with Crippen molar-refractivity contribution in [2.75, 3.05) is 54.5 Å². The van der Waals surface area contributed by atoms with Crippen molar-refractivity contribution in [1.82, 2.24) is 9.80 Å². The zero-order valence-corrected chi connectivity index (χ0v) is 17.7. The second-order valence-electron chi connectivity index (χ2n) is 8.26. The molecular weight excluding hydrogens is 396 g/mol. The van der Waals surface area contributed by atoms with Crippen LogP contribution in [0.2, 0.25) is 0 Å². The van der Waals surface area contributed by atoms with Gasteiger partial charge in [0.05, 0.1) is 23.7 Å². The van der Waals surface area contributed by atoms with Gasteiger partial charge in [-0.15, -0.1) is 0 Å². The standard InChI is InChI=1S/C20H30N2O8/c1-21(2)7-9-29-19(27)15-11-5-6-12(13(15)17(23)24)16(14(11)18(25)26)20(28)30-10-8-22(3)4/h5-6,11-16H,7-10H2,1-4H3,(H,23,24)(H,25,26)/t11-,12+,13+,14-,15-,16+. The predicted molar refractivity (Wildman–Crippen MR) is 104 cm³/mol. The first-order valence-electron chi connectivity index (χ1n) is 9.83. The van der Waals surface area contributed by atoms with E-state index >= 15 is 0 Å². The average Bonchev–Trinajstić information content (AvgIpc) is 2.65. The van der Waals surface area contributed by atoms with Crippen LogP contribution in [0.4, 0.5) is 0 Å². The summed E-state index contributed by atoms with van der Waals surface area (Å²) in [5, 5.41) is 19.6. The van der Waals surface area contributed by atoms with Gasteiger partial charge in [-0.1, -0.05) is 12.2 Å². The van der Waals surface area contributed by atoms with E-state index in [1.165, 1.54) is 12.2 Å². The van der Waals surface area contributed by atoms with E-state index < -0.39 is 59.4 Å². The van der Waals surface area contributed by atoms with Gasteiger partial charge in [0.15, 0.2) is 0 Å². The van der Waals surface area contributed by atoms with Crippen molar-refractivity contribution in [3.8, 4) is 0 Å². The SMILES string of the molecule is CN(C)CCOC(=O)[C@@H]1[C@@H]2C=C[C@@H]([C@@H]1C(=O)O)[C@H](C(=O)OCCN(C)C)[C@@H]2C(=O)O. The van der Waals surface area contributed by atoms with Gasteiger partial charge < -0.3 is 29.5 Å². The second kappa shape index (κ2) is 10.0. The third-order valence-corrected chi connectivity index (χ3v) is 5.67. The molecule has 2 N–H and O–H groups in total. The fourth-order valence-electron chi connectivity index (χ4n) is 4.23. The summed E-state index contributed by atoms with van der Waals surface area (Å²) < 4.78 is 10.5. The highest BCUT2D eigenvalue weighted by atomic mass is 16.5. The molecule has 1 fully saturated rings. The first-order valence-corrected chi connectivity index (χ1v) is 9.83. The number of carbonyl (C=O) groups is 4. The summed E-state index contributed by atoms with van der Waals surface area (Å²) in [6, 6.07) is 0. The third-order valence-electron chi connectivity index (χ3n) is 5.67. The summed E-state index contributed by atoms with van der Waals surface area (Å²) in [6.07, 6.45) is 3.06. The summed E-state index contributed by atoms with van der Waals surface area (Å²) in [7, 11) is 7.19. The maximum Gasteiger partial charge on any atom is 0.310 e. The molecule has 0 spiro atoms. The number of carbonyl (C=O) groups excluding carboxylic acids is 2. The number of carboxylic acid groups (broad SMARTS) is 2. The Morgan fingerprint density at radius 2 is 1.03 bits per heavy atom. The maximum absolute atomic E-state index is 12.7. The monoisotopic (exact) mass is 426 g/mol. The number of hydrogen-bond donors (Lipinski definition) is 2. The van der Waals surface area contributed by atoms with Crippen LogP contribution in [0.25, 0.3) is 0 Å². The fourth-order valence-corrected chi connectivity index (χ4v) is 4.23. The van der Waals surface area contributed by atoms with Crippen LogP contribution >= 0.6 is 0 Å². The molecule has 1 saturated carbocycles. The van der Waals surface area contributed by atoms with E-state index in [4.69, 9.17) is 9.47 Å². The Morgan fingerprint density at radius 1 is 0.700 bits per heavy atom. The third kappa shape index (κ3) is 5.17. The Bertz CT molecular complexity index is 647. The molecule has 2 bridgehead atoms. The van der Waals surface area contributed by atoms with Crippen LogP contribution < -0.4 is 0 Å². The van der Waals surface area contributed by atoms with Crippen molar-refractivity contribution in [2.45, 2.75) is 0 Å². The number of likely N-dealkylation sites (N-methyl/N-ethyl adjacent to an activating group) is 2. The molecule has 3 aliphatic rings. The highest BCUT2D eigenvalue weighted by Gasteiger charge is 2.61. The highest BCUT2D eigenvalue weighted by Crippen LogP contribution is 2.52. The lowest BCUT2D eigenvalue weighted by atomic mass is 9.53. The van der Waals surface area contributed by atoms with Crippen molar-refractivity contribution in [3.05, 3.63) is 12.2 Å². The number of rotatable bonds is 10. The summed E-state index contributed by atoms with van der Waals surface area (Å²) in [4.78, 5) is 53.1. The van der Waals surface area contributed by atoms with Crippen LogP contribution in [0.1, 0.15) is 0 Å². The number of carboxylic acids is 2. The molecule has 0 amide bonds. The van der Waals surface area contributed by atoms with Gasteiger partial charge in [-0.3, -0.25) is 19.2 Å². The summed E-state index contributed by atoms with van der Waals surface area (Å²) in [6.45, 7) is 1.01. The summed E-state index contributed by atoms with van der Waals surface area (Å²) in [5.74, 6) is -10.8. The smallest absolute Gasteiger partial charge is 0.310 e. The Hall–Kier alpha value is -2.46. The molecule has 10 nitrogen and oxygen atoms in total. The average molecular weight is 426 g/mol. The Kier molecular flexibility index (Phi) is 7.96. The molecular formula is C20H30N2O8. The molecule has 0 aromatic rings. The van der Waals surface area contributed by atoms with E-state index in [-0.39, 0.29) is 13.2 Å². The number of nitrogens with zero attached hydrogens (tertiary/aromatic N) is 2. The Morgan fingerprint density at radius 3 is 1.30 bits per heavy atom. The van der Waals surface area contributed by atoms with E-state index in [9.17, 15) is 29.4 Å². The zero-order valence-electron chi connectivity index (χ0n) is 17.7. The van der Waals surface area contributed by atoms with Gasteiger partial charge in [-0.05, 0) is 28.2 Å². The number of allylic oxidation sites excluding steroid dienone is 2. The molecule has 3 aliphatic carbocycles. The molecule has 0 aliphatic heterocycles. The van der Waals surface area contributed by atoms with Gasteiger partial charge >= 0.3 is 23.9 Å². The maximum atomic E-state index is 12.7. The van der Waals surface area contributed by atoms with Crippen molar-refractivity contribution in [2.24, 2.45) is 35.5 Å². The molecule has 30 heavy (non-hydrogen) atoms. The van der Waals surface area contributed by atoms with Gasteiger partial charge in [0.1, 0.15) is 13.2 Å². The normalized spacial score (nSPS) is 29.8. The van der Waals surface area contributed by atoms with Gasteiger partial charge in [0.25, 0.3) is 0 Å². The first-order chi connectivity index (χ1) is 14.1. The summed E-state index contributed by atoms with van der Waals surface area (Å²) in [5.41, 5.74) is 0. The topological polar surface area (TPSA) is 134 Å². The largest absolute Gasteiger partial charge is 0.481 e. The second-order valence-corrected chi connectivity index (χ2v) is 8.26. The molecule has 0 radical (unpaired) electrons. The van der Waals surface area contributed by atoms with Crippen molar-refractivity contribution >= 4 is 23.9 Å². The molecule has 10 heteroatoms. The zero-order chi connectivity index (χ0) is 22.6. The minimum atomic E-state index is -1.26. The lowest BCUT2D eigenvalue weighted by molar-refractivity contribution is -0.182. The van der Waals surface area contributed by atoms with Crippen LogP contribution in [0, 0.1) is 35.5 Å². The van der Waals surface area contributed by atoms with E-state index in [1.807, 2.05) is 0 Å². The molecule has 168 valence electrons.